The Balaban J connectivity index is 1.71. The highest BCUT2D eigenvalue weighted by molar-refractivity contribution is 7.10. The molecule has 0 fully saturated rings. The highest BCUT2D eigenvalue weighted by Crippen LogP contribution is 2.32. The van der Waals surface area contributed by atoms with Gasteiger partial charge >= 0.3 is 5.97 Å². The predicted octanol–water partition coefficient (Wildman–Crippen LogP) is 4.04. The van der Waals surface area contributed by atoms with Gasteiger partial charge in [0.05, 0.1) is 29.5 Å². The van der Waals surface area contributed by atoms with Crippen molar-refractivity contribution in [3.8, 4) is 5.75 Å². The molecule has 6 nitrogen and oxygen atoms in total. The van der Waals surface area contributed by atoms with Gasteiger partial charge in [0.15, 0.2) is 4.80 Å². The molecular weight excluding hydrogens is 456 g/mol. The van der Waals surface area contributed by atoms with Crippen molar-refractivity contribution in [2.75, 3.05) is 13.7 Å². The average Bonchev–Trinajstić information content (AvgIpc) is 3.45. The smallest absolute Gasteiger partial charge is 0.338 e. The van der Waals surface area contributed by atoms with E-state index in [-0.39, 0.29) is 5.56 Å². The Bertz CT molecular complexity index is 1330. The molecule has 0 unspecified atom stereocenters. The second-order valence-corrected chi connectivity index (χ2v) is 9.70. The molecule has 2 aromatic heterocycles. The van der Waals surface area contributed by atoms with Gasteiger partial charge in [-0.1, -0.05) is 49.3 Å². The minimum Gasteiger partial charge on any atom is -0.494 e. The summed E-state index contributed by atoms with van der Waals surface area (Å²) in [5, 5.41) is 1.93. The summed E-state index contributed by atoms with van der Waals surface area (Å²) in [5.74, 6) is 0.346. The number of aromatic nitrogens is 1. The molecule has 172 valence electrons. The average molecular weight is 483 g/mol. The van der Waals surface area contributed by atoms with Crippen LogP contribution in [0, 0.1) is 0 Å². The summed E-state index contributed by atoms with van der Waals surface area (Å²) in [6.07, 6.45) is 5.21. The van der Waals surface area contributed by atoms with Crippen LogP contribution in [0.2, 0.25) is 0 Å². The van der Waals surface area contributed by atoms with Crippen molar-refractivity contribution < 1.29 is 14.3 Å². The molecule has 0 saturated heterocycles. The third kappa shape index (κ3) is 4.86. The van der Waals surface area contributed by atoms with Crippen molar-refractivity contribution >= 4 is 34.7 Å². The van der Waals surface area contributed by atoms with Crippen LogP contribution in [0.4, 0.5) is 0 Å². The van der Waals surface area contributed by atoms with Crippen LogP contribution in [0.3, 0.4) is 0 Å². The summed E-state index contributed by atoms with van der Waals surface area (Å²) < 4.78 is 13.0. The van der Waals surface area contributed by atoms with E-state index in [4.69, 9.17) is 9.47 Å². The Morgan fingerprint density at radius 2 is 2.00 bits per heavy atom. The molecule has 8 heteroatoms. The zero-order chi connectivity index (χ0) is 23.4. The largest absolute Gasteiger partial charge is 0.494 e. The fourth-order valence-corrected chi connectivity index (χ4v) is 5.63. The van der Waals surface area contributed by atoms with Crippen LogP contribution in [0.1, 0.15) is 49.6 Å². The number of unbranched alkanes of at least 4 members (excludes halogenated alkanes) is 2. The molecule has 0 bridgehead atoms. The standard InChI is InChI=1S/C25H26N2O4S2/c1-4-5-6-13-31-18-11-9-17(10-12-18)15-20-23(28)27-22(19-8-7-14-32-19)21(24(29)30-3)16(2)26-25(27)33-20/h7-12,14-15,22H,4-6,13H2,1-3H3/b20-15-/t22-/m1/s1. The molecule has 0 N–H and O–H groups in total. The first-order valence-corrected chi connectivity index (χ1v) is 12.6. The summed E-state index contributed by atoms with van der Waals surface area (Å²) >= 11 is 2.82. The zero-order valence-electron chi connectivity index (χ0n) is 18.9. The van der Waals surface area contributed by atoms with E-state index < -0.39 is 12.0 Å². The number of thiophene rings is 1. The maximum Gasteiger partial charge on any atom is 0.338 e. The van der Waals surface area contributed by atoms with E-state index in [2.05, 4.69) is 11.9 Å². The van der Waals surface area contributed by atoms with E-state index in [0.29, 0.717) is 27.2 Å². The maximum atomic E-state index is 13.4. The number of ether oxygens (including phenoxy) is 2. The number of allylic oxidation sites excluding steroid dienone is 1. The Kier molecular flexibility index (Phi) is 7.25. The first-order chi connectivity index (χ1) is 16.0. The molecule has 0 saturated carbocycles. The van der Waals surface area contributed by atoms with Gasteiger partial charge in [-0.15, -0.1) is 11.3 Å². The van der Waals surface area contributed by atoms with Crippen molar-refractivity contribution in [2.45, 2.75) is 39.2 Å². The van der Waals surface area contributed by atoms with Gasteiger partial charge < -0.3 is 9.47 Å². The van der Waals surface area contributed by atoms with Gasteiger partial charge in [-0.2, -0.15) is 0 Å². The molecule has 0 amide bonds. The minimum absolute atomic E-state index is 0.175. The number of methoxy groups -OCH3 is 1. The molecule has 0 aliphatic carbocycles. The lowest BCUT2D eigenvalue weighted by molar-refractivity contribution is -0.136. The third-order valence-electron chi connectivity index (χ3n) is 5.43. The van der Waals surface area contributed by atoms with Crippen molar-refractivity contribution in [1.82, 2.24) is 4.57 Å². The quantitative estimate of drug-likeness (QED) is 0.359. The Morgan fingerprint density at radius 3 is 2.67 bits per heavy atom. The van der Waals surface area contributed by atoms with Crippen LogP contribution in [0.5, 0.6) is 5.75 Å². The molecular formula is C25H26N2O4S2. The monoisotopic (exact) mass is 482 g/mol. The first-order valence-electron chi connectivity index (χ1n) is 10.9. The van der Waals surface area contributed by atoms with Gasteiger partial charge in [0.2, 0.25) is 0 Å². The molecule has 1 atom stereocenters. The molecule has 33 heavy (non-hydrogen) atoms. The number of hydrogen-bond acceptors (Lipinski definition) is 7. The fraction of sp³-hybridized carbons (Fsp3) is 0.320. The number of hydrogen-bond donors (Lipinski definition) is 0. The van der Waals surface area contributed by atoms with Gasteiger partial charge in [-0.05, 0) is 48.6 Å². The number of fused-ring (bicyclic) bond motifs is 1. The highest BCUT2D eigenvalue weighted by atomic mass is 32.1. The van der Waals surface area contributed by atoms with E-state index in [1.54, 1.807) is 11.5 Å². The molecule has 0 radical (unpaired) electrons. The molecule has 3 heterocycles. The molecule has 1 aliphatic rings. The van der Waals surface area contributed by atoms with Crippen LogP contribution < -0.4 is 19.6 Å². The van der Waals surface area contributed by atoms with Gasteiger partial charge in [-0.3, -0.25) is 9.36 Å². The van der Waals surface area contributed by atoms with E-state index in [1.165, 1.54) is 29.8 Å². The van der Waals surface area contributed by atoms with Gasteiger partial charge in [0.1, 0.15) is 11.8 Å². The number of esters is 1. The molecule has 4 rings (SSSR count). The SMILES string of the molecule is CCCCCOc1ccc(/C=c2\sc3n(c2=O)[C@H](c2cccs2)C(C(=O)OC)=C(C)N=3)cc1. The van der Waals surface area contributed by atoms with E-state index in [9.17, 15) is 9.59 Å². The van der Waals surface area contributed by atoms with Crippen LogP contribution in [0.25, 0.3) is 6.08 Å². The highest BCUT2D eigenvalue weighted by Gasteiger charge is 2.33. The fourth-order valence-electron chi connectivity index (χ4n) is 3.76. The van der Waals surface area contributed by atoms with E-state index in [0.717, 1.165) is 35.5 Å². The molecule has 1 aliphatic heterocycles. The summed E-state index contributed by atoms with van der Waals surface area (Å²) in [5.41, 5.74) is 1.68. The van der Waals surface area contributed by atoms with Crippen molar-refractivity contribution in [1.29, 1.82) is 0 Å². The zero-order valence-corrected chi connectivity index (χ0v) is 20.5. The Hall–Kier alpha value is -2.97. The van der Waals surface area contributed by atoms with Gasteiger partial charge in [0.25, 0.3) is 5.56 Å². The number of thiazole rings is 1. The van der Waals surface area contributed by atoms with Crippen molar-refractivity contribution in [3.63, 3.8) is 0 Å². The van der Waals surface area contributed by atoms with Crippen molar-refractivity contribution in [3.05, 3.63) is 83.2 Å². The number of nitrogens with zero attached hydrogens (tertiary/aromatic N) is 2. The van der Waals surface area contributed by atoms with Gasteiger partial charge in [-0.25, -0.2) is 9.79 Å². The number of benzene rings is 1. The predicted molar refractivity (Wildman–Crippen MR) is 132 cm³/mol. The van der Waals surface area contributed by atoms with Crippen LogP contribution in [-0.2, 0) is 9.53 Å². The summed E-state index contributed by atoms with van der Waals surface area (Å²) in [6.45, 7) is 4.65. The maximum absolute atomic E-state index is 13.4. The summed E-state index contributed by atoms with van der Waals surface area (Å²) in [7, 11) is 1.34. The van der Waals surface area contributed by atoms with E-state index in [1.807, 2.05) is 47.9 Å². The van der Waals surface area contributed by atoms with Crippen LogP contribution in [0.15, 0.2) is 62.8 Å². The second kappa shape index (κ2) is 10.3. The normalized spacial score (nSPS) is 15.8. The third-order valence-corrected chi connectivity index (χ3v) is 7.34. The lowest BCUT2D eigenvalue weighted by atomic mass is 10.0. The number of carbonyl (C=O) groups excluding carboxylic acids is 1. The first kappa shape index (κ1) is 23.2. The number of carbonyl (C=O) groups is 1. The lowest BCUT2D eigenvalue weighted by Gasteiger charge is -2.22. The van der Waals surface area contributed by atoms with Crippen LogP contribution >= 0.6 is 22.7 Å². The lowest BCUT2D eigenvalue weighted by Crippen LogP contribution is -2.39. The Morgan fingerprint density at radius 1 is 1.21 bits per heavy atom. The van der Waals surface area contributed by atoms with E-state index >= 15 is 0 Å². The minimum atomic E-state index is -0.547. The second-order valence-electron chi connectivity index (χ2n) is 7.71. The number of rotatable bonds is 8. The van der Waals surface area contributed by atoms with Crippen molar-refractivity contribution in [2.24, 2.45) is 4.99 Å². The summed E-state index contributed by atoms with van der Waals surface area (Å²) in [4.78, 5) is 32.1. The molecule has 1 aromatic carbocycles. The summed E-state index contributed by atoms with van der Waals surface area (Å²) in [6, 6.07) is 11.0. The Labute approximate surface area is 200 Å². The van der Waals surface area contributed by atoms with Gasteiger partial charge in [0, 0.05) is 4.88 Å². The molecule has 3 aromatic rings. The van der Waals surface area contributed by atoms with Crippen LogP contribution in [-0.4, -0.2) is 24.3 Å². The topological polar surface area (TPSA) is 69.9 Å². The molecule has 0 spiro atoms.